The Morgan fingerprint density at radius 2 is 2.00 bits per heavy atom. The molecule has 0 saturated heterocycles. The molecule has 0 spiro atoms. The summed E-state index contributed by atoms with van der Waals surface area (Å²) in [5, 5.41) is 4.10. The number of rotatable bonds is 9. The fourth-order valence-corrected chi connectivity index (χ4v) is 5.22. The Hall–Kier alpha value is -1.93. The molecule has 1 N–H and O–H groups in total. The number of thiocarbonyl (C=S) groups is 1. The summed E-state index contributed by atoms with van der Waals surface area (Å²) < 4.78 is 28.2. The first-order chi connectivity index (χ1) is 13.8. The van der Waals surface area contributed by atoms with Crippen molar-refractivity contribution in [1.82, 2.24) is 19.8 Å². The SMILES string of the molecule is CCNC(=S)N(Cc1cnc(S(=O)(=O)Cc2ccccc2)n1CC(C)C)C1CC1. The zero-order valence-electron chi connectivity index (χ0n) is 17.3. The number of benzene rings is 1. The van der Waals surface area contributed by atoms with Crippen molar-refractivity contribution in [1.29, 1.82) is 0 Å². The lowest BCUT2D eigenvalue weighted by Gasteiger charge is -2.26. The van der Waals surface area contributed by atoms with E-state index >= 15 is 0 Å². The Kier molecular flexibility index (Phi) is 6.95. The van der Waals surface area contributed by atoms with Crippen LogP contribution in [0, 0.1) is 5.92 Å². The van der Waals surface area contributed by atoms with E-state index in [0.29, 0.717) is 25.0 Å². The van der Waals surface area contributed by atoms with Crippen LogP contribution in [0.15, 0.2) is 41.7 Å². The van der Waals surface area contributed by atoms with Crippen LogP contribution in [0.4, 0.5) is 0 Å². The third kappa shape index (κ3) is 5.57. The van der Waals surface area contributed by atoms with Gasteiger partial charge in [-0.25, -0.2) is 13.4 Å². The van der Waals surface area contributed by atoms with Gasteiger partial charge in [0, 0.05) is 19.1 Å². The molecule has 0 radical (unpaired) electrons. The van der Waals surface area contributed by atoms with Crippen molar-refractivity contribution in [2.45, 2.75) is 63.7 Å². The Morgan fingerprint density at radius 1 is 1.31 bits per heavy atom. The molecule has 1 aliphatic carbocycles. The van der Waals surface area contributed by atoms with Gasteiger partial charge in [0.15, 0.2) is 5.11 Å². The van der Waals surface area contributed by atoms with E-state index in [1.54, 1.807) is 6.20 Å². The van der Waals surface area contributed by atoms with Gasteiger partial charge in [0.2, 0.25) is 15.0 Å². The second kappa shape index (κ2) is 9.26. The Balaban J connectivity index is 1.91. The molecule has 0 amide bonds. The summed E-state index contributed by atoms with van der Waals surface area (Å²) in [6.07, 6.45) is 3.93. The second-order valence-electron chi connectivity index (χ2n) is 7.98. The first kappa shape index (κ1) is 21.8. The van der Waals surface area contributed by atoms with Crippen LogP contribution in [0.2, 0.25) is 0 Å². The van der Waals surface area contributed by atoms with Crippen LogP contribution in [-0.2, 0) is 28.7 Å². The summed E-state index contributed by atoms with van der Waals surface area (Å²) in [7, 11) is -3.55. The standard InChI is InChI=1S/C21H30N4O2S2/c1-4-22-20(28)24(18-10-11-18)14-19-12-23-21(25(19)13-16(2)3)29(26,27)15-17-8-6-5-7-9-17/h5-9,12,16,18H,4,10-11,13-15H2,1-3H3,(H,22,28). The molecule has 1 heterocycles. The van der Waals surface area contributed by atoms with Gasteiger partial charge in [0.25, 0.3) is 0 Å². The summed E-state index contributed by atoms with van der Waals surface area (Å²) >= 11 is 5.55. The summed E-state index contributed by atoms with van der Waals surface area (Å²) in [5.41, 5.74) is 1.65. The largest absolute Gasteiger partial charge is 0.363 e. The lowest BCUT2D eigenvalue weighted by atomic mass is 10.2. The van der Waals surface area contributed by atoms with Crippen molar-refractivity contribution >= 4 is 27.2 Å². The molecule has 158 valence electrons. The monoisotopic (exact) mass is 434 g/mol. The highest BCUT2D eigenvalue weighted by Gasteiger charge is 2.32. The van der Waals surface area contributed by atoms with Gasteiger partial charge in [0.05, 0.1) is 24.2 Å². The van der Waals surface area contributed by atoms with Crippen LogP contribution < -0.4 is 5.32 Å². The fraction of sp³-hybridized carbons (Fsp3) is 0.524. The van der Waals surface area contributed by atoms with Crippen LogP contribution in [0.3, 0.4) is 0 Å². The van der Waals surface area contributed by atoms with Crippen LogP contribution in [0.25, 0.3) is 0 Å². The quantitative estimate of drug-likeness (QED) is 0.611. The highest BCUT2D eigenvalue weighted by atomic mass is 32.2. The minimum Gasteiger partial charge on any atom is -0.363 e. The third-order valence-corrected chi connectivity index (χ3v) is 6.81. The highest BCUT2D eigenvalue weighted by molar-refractivity contribution is 7.90. The average molecular weight is 435 g/mol. The van der Waals surface area contributed by atoms with Crippen molar-refractivity contribution in [3.8, 4) is 0 Å². The first-order valence-corrected chi connectivity index (χ1v) is 12.2. The van der Waals surface area contributed by atoms with E-state index in [0.717, 1.165) is 35.8 Å². The number of hydrogen-bond acceptors (Lipinski definition) is 4. The number of nitrogens with zero attached hydrogens (tertiary/aromatic N) is 3. The summed E-state index contributed by atoms with van der Waals surface area (Å²) in [6.45, 7) is 8.12. The van der Waals surface area contributed by atoms with Gasteiger partial charge in [-0.15, -0.1) is 0 Å². The van der Waals surface area contributed by atoms with Gasteiger partial charge in [-0.05, 0) is 43.5 Å². The molecule has 1 aromatic heterocycles. The Morgan fingerprint density at radius 3 is 2.59 bits per heavy atom. The number of hydrogen-bond donors (Lipinski definition) is 1. The molecular formula is C21H30N4O2S2. The Bertz CT molecular complexity index is 935. The maximum Gasteiger partial charge on any atom is 0.228 e. The number of sulfone groups is 1. The van der Waals surface area contributed by atoms with Gasteiger partial charge in [-0.2, -0.15) is 0 Å². The van der Waals surface area contributed by atoms with Gasteiger partial charge in [-0.3, -0.25) is 0 Å². The van der Waals surface area contributed by atoms with Crippen molar-refractivity contribution < 1.29 is 8.42 Å². The topological polar surface area (TPSA) is 67.2 Å². The number of nitrogens with one attached hydrogen (secondary N) is 1. The van der Waals surface area contributed by atoms with Crippen LogP contribution >= 0.6 is 12.2 Å². The van der Waals surface area contributed by atoms with E-state index in [4.69, 9.17) is 12.2 Å². The summed E-state index contributed by atoms with van der Waals surface area (Å²) in [4.78, 5) is 6.53. The van der Waals surface area contributed by atoms with E-state index in [1.165, 1.54) is 0 Å². The molecule has 6 nitrogen and oxygen atoms in total. The number of aromatic nitrogens is 2. The molecule has 29 heavy (non-hydrogen) atoms. The maximum absolute atomic E-state index is 13.2. The van der Waals surface area contributed by atoms with Crippen LogP contribution in [-0.4, -0.2) is 40.6 Å². The number of imidazole rings is 1. The molecule has 1 saturated carbocycles. The van der Waals surface area contributed by atoms with E-state index in [2.05, 4.69) is 29.0 Å². The minimum atomic E-state index is -3.55. The second-order valence-corrected chi connectivity index (χ2v) is 10.2. The van der Waals surface area contributed by atoms with Crippen LogP contribution in [0.1, 0.15) is 44.9 Å². The van der Waals surface area contributed by atoms with Crippen LogP contribution in [0.5, 0.6) is 0 Å². The maximum atomic E-state index is 13.2. The zero-order chi connectivity index (χ0) is 21.0. The molecule has 3 rings (SSSR count). The predicted molar refractivity (Wildman–Crippen MR) is 119 cm³/mol. The highest BCUT2D eigenvalue weighted by Crippen LogP contribution is 2.29. The minimum absolute atomic E-state index is 0.0511. The van der Waals surface area contributed by atoms with Gasteiger partial charge < -0.3 is 14.8 Å². The molecule has 0 unspecified atom stereocenters. The predicted octanol–water partition coefficient (Wildman–Crippen LogP) is 3.37. The molecule has 1 fully saturated rings. The van der Waals surface area contributed by atoms with E-state index < -0.39 is 9.84 Å². The molecular weight excluding hydrogens is 404 g/mol. The van der Waals surface area contributed by atoms with E-state index in [-0.39, 0.29) is 10.9 Å². The van der Waals surface area contributed by atoms with Crippen molar-refractivity contribution in [2.24, 2.45) is 5.92 Å². The van der Waals surface area contributed by atoms with Crippen molar-refractivity contribution in [3.63, 3.8) is 0 Å². The molecule has 2 aromatic rings. The van der Waals surface area contributed by atoms with E-state index in [9.17, 15) is 8.42 Å². The molecule has 8 heteroatoms. The van der Waals surface area contributed by atoms with E-state index in [1.807, 2.05) is 41.8 Å². The smallest absolute Gasteiger partial charge is 0.228 e. The molecule has 1 aromatic carbocycles. The molecule has 0 aliphatic heterocycles. The van der Waals surface area contributed by atoms with Gasteiger partial charge in [-0.1, -0.05) is 44.2 Å². The first-order valence-electron chi connectivity index (χ1n) is 10.2. The third-order valence-electron chi connectivity index (χ3n) is 4.84. The lowest BCUT2D eigenvalue weighted by molar-refractivity contribution is 0.371. The molecule has 1 aliphatic rings. The molecule has 0 atom stereocenters. The fourth-order valence-electron chi connectivity index (χ4n) is 3.37. The molecule has 0 bridgehead atoms. The lowest BCUT2D eigenvalue weighted by Crippen LogP contribution is -2.41. The zero-order valence-corrected chi connectivity index (χ0v) is 19.0. The van der Waals surface area contributed by atoms with Gasteiger partial charge >= 0.3 is 0 Å². The Labute approximate surface area is 179 Å². The summed E-state index contributed by atoms with van der Waals surface area (Å²) in [6, 6.07) is 9.68. The summed E-state index contributed by atoms with van der Waals surface area (Å²) in [5.74, 6) is 0.244. The van der Waals surface area contributed by atoms with Crippen molar-refractivity contribution in [3.05, 3.63) is 47.8 Å². The normalized spacial score (nSPS) is 14.2. The average Bonchev–Trinajstić information content (AvgIpc) is 3.41. The van der Waals surface area contributed by atoms with Gasteiger partial charge in [0.1, 0.15) is 0 Å². The van der Waals surface area contributed by atoms with Crippen molar-refractivity contribution in [2.75, 3.05) is 6.54 Å².